The summed E-state index contributed by atoms with van der Waals surface area (Å²) in [4.78, 5) is 11.9. The maximum absolute atomic E-state index is 13.5. The predicted octanol–water partition coefficient (Wildman–Crippen LogP) is 4.59. The van der Waals surface area contributed by atoms with Crippen LogP contribution >= 0.6 is 38.5 Å². The van der Waals surface area contributed by atoms with E-state index in [0.717, 1.165) is 9.64 Å². The summed E-state index contributed by atoms with van der Waals surface area (Å²) < 4.78 is 33.0. The van der Waals surface area contributed by atoms with Crippen molar-refractivity contribution in [2.24, 2.45) is 0 Å². The molecule has 2 rings (SSSR count). The Morgan fingerprint density at radius 1 is 1.20 bits per heavy atom. The van der Waals surface area contributed by atoms with Gasteiger partial charge < -0.3 is 4.74 Å². The standard InChI is InChI=1S/C14H8BrF2IO2/c15-9-5-11(16)14(17)13(6-9)20-7-12(19)8-1-3-10(18)4-2-8/h1-6H,7H2. The quantitative estimate of drug-likeness (QED) is 0.385. The minimum atomic E-state index is -1.11. The van der Waals surface area contributed by atoms with Crippen LogP contribution in [0.1, 0.15) is 10.4 Å². The second-order valence-electron chi connectivity index (χ2n) is 3.92. The molecule has 0 fully saturated rings. The molecule has 2 aromatic rings. The summed E-state index contributed by atoms with van der Waals surface area (Å²) in [6, 6.07) is 9.15. The highest BCUT2D eigenvalue weighted by Crippen LogP contribution is 2.25. The Bertz CT molecular complexity index is 644. The van der Waals surface area contributed by atoms with Crippen LogP contribution in [0.15, 0.2) is 40.9 Å². The smallest absolute Gasteiger partial charge is 0.200 e. The molecule has 6 heteroatoms. The zero-order valence-electron chi connectivity index (χ0n) is 10.00. The third-order valence-corrected chi connectivity index (χ3v) is 3.66. The maximum Gasteiger partial charge on any atom is 0.200 e. The van der Waals surface area contributed by atoms with E-state index in [2.05, 4.69) is 38.5 Å². The first-order chi connectivity index (χ1) is 9.47. The van der Waals surface area contributed by atoms with Crippen molar-refractivity contribution in [2.75, 3.05) is 6.61 Å². The first-order valence-electron chi connectivity index (χ1n) is 5.53. The molecule has 0 heterocycles. The molecule has 20 heavy (non-hydrogen) atoms. The van der Waals surface area contributed by atoms with Crippen molar-refractivity contribution in [3.05, 3.63) is 61.6 Å². The summed E-state index contributed by atoms with van der Waals surface area (Å²) in [6.45, 7) is -0.354. The number of ketones is 1. The Morgan fingerprint density at radius 3 is 2.50 bits per heavy atom. The minimum absolute atomic E-state index is 0.296. The number of benzene rings is 2. The second kappa shape index (κ2) is 6.62. The Kier molecular flexibility index (Phi) is 5.09. The first kappa shape index (κ1) is 15.4. The third kappa shape index (κ3) is 3.76. The van der Waals surface area contributed by atoms with Gasteiger partial charge in [-0.1, -0.05) is 28.1 Å². The molecule has 0 aliphatic carbocycles. The van der Waals surface area contributed by atoms with Crippen LogP contribution < -0.4 is 4.74 Å². The van der Waals surface area contributed by atoms with E-state index < -0.39 is 11.6 Å². The van der Waals surface area contributed by atoms with Crippen molar-refractivity contribution in [3.8, 4) is 5.75 Å². The van der Waals surface area contributed by atoms with Crippen LogP contribution in [0.4, 0.5) is 8.78 Å². The van der Waals surface area contributed by atoms with Gasteiger partial charge in [0.25, 0.3) is 0 Å². The third-order valence-electron chi connectivity index (χ3n) is 2.48. The van der Waals surface area contributed by atoms with Gasteiger partial charge in [0.05, 0.1) is 0 Å². The zero-order chi connectivity index (χ0) is 14.7. The van der Waals surface area contributed by atoms with E-state index in [9.17, 15) is 13.6 Å². The highest BCUT2D eigenvalue weighted by Gasteiger charge is 2.13. The number of ether oxygens (including phenoxy) is 1. The van der Waals surface area contributed by atoms with Gasteiger partial charge in [0.1, 0.15) is 0 Å². The van der Waals surface area contributed by atoms with E-state index in [1.807, 2.05) is 0 Å². The lowest BCUT2D eigenvalue weighted by atomic mass is 10.1. The topological polar surface area (TPSA) is 26.3 Å². The zero-order valence-corrected chi connectivity index (χ0v) is 13.7. The van der Waals surface area contributed by atoms with Crippen molar-refractivity contribution in [3.63, 3.8) is 0 Å². The van der Waals surface area contributed by atoms with Gasteiger partial charge in [-0.2, -0.15) is 4.39 Å². The molecule has 2 aromatic carbocycles. The molecule has 0 aromatic heterocycles. The SMILES string of the molecule is O=C(COc1cc(Br)cc(F)c1F)c1ccc(I)cc1. The summed E-state index contributed by atoms with van der Waals surface area (Å²) in [5.41, 5.74) is 0.460. The fourth-order valence-electron chi connectivity index (χ4n) is 1.50. The van der Waals surface area contributed by atoms with Crippen LogP contribution in [-0.4, -0.2) is 12.4 Å². The molecule has 0 amide bonds. The van der Waals surface area contributed by atoms with E-state index in [4.69, 9.17) is 4.74 Å². The normalized spacial score (nSPS) is 10.4. The average Bonchev–Trinajstić information content (AvgIpc) is 2.41. The average molecular weight is 453 g/mol. The van der Waals surface area contributed by atoms with Gasteiger partial charge in [-0.15, -0.1) is 0 Å². The summed E-state index contributed by atoms with van der Waals surface area (Å²) in [5.74, 6) is -2.74. The minimum Gasteiger partial charge on any atom is -0.482 e. The van der Waals surface area contributed by atoms with Gasteiger partial charge >= 0.3 is 0 Å². The number of carbonyl (C=O) groups is 1. The van der Waals surface area contributed by atoms with Gasteiger partial charge in [-0.3, -0.25) is 4.79 Å². The second-order valence-corrected chi connectivity index (χ2v) is 6.08. The fourth-order valence-corrected chi connectivity index (χ4v) is 2.27. The van der Waals surface area contributed by atoms with Crippen LogP contribution in [0.3, 0.4) is 0 Å². The lowest BCUT2D eigenvalue weighted by Crippen LogP contribution is -2.12. The van der Waals surface area contributed by atoms with E-state index in [0.29, 0.717) is 10.0 Å². The maximum atomic E-state index is 13.5. The van der Waals surface area contributed by atoms with Gasteiger partial charge in [0.15, 0.2) is 24.0 Å². The summed E-state index contributed by atoms with van der Waals surface area (Å²) in [5, 5.41) is 0. The van der Waals surface area contributed by atoms with Crippen molar-refractivity contribution in [2.45, 2.75) is 0 Å². The van der Waals surface area contributed by atoms with E-state index in [1.54, 1.807) is 24.3 Å². The largest absolute Gasteiger partial charge is 0.482 e. The lowest BCUT2D eigenvalue weighted by molar-refractivity contribution is 0.0918. The number of hydrogen-bond acceptors (Lipinski definition) is 2. The van der Waals surface area contributed by atoms with E-state index in [1.165, 1.54) is 6.07 Å². The number of rotatable bonds is 4. The van der Waals surface area contributed by atoms with Gasteiger partial charge in [-0.25, -0.2) is 4.39 Å². The van der Waals surface area contributed by atoms with Crippen molar-refractivity contribution >= 4 is 44.3 Å². The first-order valence-corrected chi connectivity index (χ1v) is 7.40. The van der Waals surface area contributed by atoms with Crippen molar-refractivity contribution in [1.29, 1.82) is 0 Å². The van der Waals surface area contributed by atoms with Crippen molar-refractivity contribution in [1.82, 2.24) is 0 Å². The predicted molar refractivity (Wildman–Crippen MR) is 83.0 cm³/mol. The Balaban J connectivity index is 2.09. The van der Waals surface area contributed by atoms with Crippen molar-refractivity contribution < 1.29 is 18.3 Å². The van der Waals surface area contributed by atoms with Crippen LogP contribution in [0, 0.1) is 15.2 Å². The lowest BCUT2D eigenvalue weighted by Gasteiger charge is -2.08. The fraction of sp³-hybridized carbons (Fsp3) is 0.0714. The van der Waals surface area contributed by atoms with Crippen LogP contribution in [0.2, 0.25) is 0 Å². The molecular weight excluding hydrogens is 445 g/mol. The molecule has 0 N–H and O–H groups in total. The Labute approximate surface area is 136 Å². The number of hydrogen-bond donors (Lipinski definition) is 0. The van der Waals surface area contributed by atoms with Crippen LogP contribution in [-0.2, 0) is 0 Å². The Hall–Kier alpha value is -1.02. The van der Waals surface area contributed by atoms with Gasteiger partial charge in [-0.05, 0) is 46.9 Å². The molecule has 104 valence electrons. The summed E-state index contributed by atoms with van der Waals surface area (Å²) in [7, 11) is 0. The van der Waals surface area contributed by atoms with Crippen LogP contribution in [0.5, 0.6) is 5.75 Å². The van der Waals surface area contributed by atoms with Gasteiger partial charge in [0.2, 0.25) is 5.82 Å². The molecule has 0 aliphatic rings. The molecule has 0 atom stereocenters. The molecule has 0 bridgehead atoms. The van der Waals surface area contributed by atoms with E-state index in [-0.39, 0.29) is 18.1 Å². The molecule has 2 nitrogen and oxygen atoms in total. The molecule has 0 unspecified atom stereocenters. The number of halogens is 4. The van der Waals surface area contributed by atoms with Gasteiger partial charge in [0, 0.05) is 13.6 Å². The summed E-state index contributed by atoms with van der Waals surface area (Å²) in [6.07, 6.45) is 0. The van der Waals surface area contributed by atoms with E-state index >= 15 is 0 Å². The summed E-state index contributed by atoms with van der Waals surface area (Å²) >= 11 is 5.16. The molecular formula is C14H8BrF2IO2. The molecule has 0 saturated heterocycles. The molecule has 0 radical (unpaired) electrons. The van der Waals surface area contributed by atoms with Crippen LogP contribution in [0.25, 0.3) is 0 Å². The molecule has 0 saturated carbocycles. The monoisotopic (exact) mass is 452 g/mol. The Morgan fingerprint density at radius 2 is 1.85 bits per heavy atom. The number of Topliss-reactive ketones (excluding diaryl/α,β-unsaturated/α-hetero) is 1. The highest BCUT2D eigenvalue weighted by molar-refractivity contribution is 14.1. The number of carbonyl (C=O) groups excluding carboxylic acids is 1. The highest BCUT2D eigenvalue weighted by atomic mass is 127. The molecule has 0 spiro atoms. The molecule has 0 aliphatic heterocycles.